The van der Waals surface area contributed by atoms with Gasteiger partial charge >= 0.3 is 0 Å². The normalized spacial score (nSPS) is 16.5. The number of likely N-dealkylation sites (N-methyl/N-ethyl adjacent to an activating group) is 1. The van der Waals surface area contributed by atoms with Crippen LogP contribution in [0.5, 0.6) is 5.88 Å². The average Bonchev–Trinajstić information content (AvgIpc) is 3.46. The van der Waals surface area contributed by atoms with Crippen LogP contribution in [0.25, 0.3) is 22.5 Å². The SMILES string of the molecule is COc1nc(-c2ccnc(-c3cccc(Nc4nccc(CNC5CCN(C(C)=O)CC5)c4F)c3Cl)c2Cl)ccc1CNC[C@@H]1CCC(=O)N1C. The third-order valence-electron chi connectivity index (χ3n) is 9.62. The van der Waals surface area contributed by atoms with Crippen LogP contribution in [0.1, 0.15) is 43.7 Å². The summed E-state index contributed by atoms with van der Waals surface area (Å²) in [5.74, 6) is 0.269. The van der Waals surface area contributed by atoms with Gasteiger partial charge in [0.1, 0.15) is 0 Å². The van der Waals surface area contributed by atoms with Crippen LogP contribution in [0.4, 0.5) is 15.9 Å². The summed E-state index contributed by atoms with van der Waals surface area (Å²) < 4.78 is 21.3. The van der Waals surface area contributed by atoms with Crippen LogP contribution in [-0.2, 0) is 22.7 Å². The van der Waals surface area contributed by atoms with E-state index in [9.17, 15) is 9.59 Å². The van der Waals surface area contributed by atoms with Crippen molar-refractivity contribution in [2.75, 3.05) is 39.1 Å². The first-order chi connectivity index (χ1) is 24.6. The number of nitrogens with one attached hydrogen (secondary N) is 3. The molecule has 51 heavy (non-hydrogen) atoms. The number of piperidine rings is 1. The molecule has 2 aliphatic heterocycles. The van der Waals surface area contributed by atoms with Crippen molar-refractivity contribution in [3.63, 3.8) is 0 Å². The van der Waals surface area contributed by atoms with Crippen LogP contribution in [0.3, 0.4) is 0 Å². The molecule has 0 saturated carbocycles. The Kier molecular flexibility index (Phi) is 11.7. The van der Waals surface area contributed by atoms with Crippen LogP contribution >= 0.6 is 23.2 Å². The zero-order valence-corrected chi connectivity index (χ0v) is 30.3. The molecule has 2 amide bonds. The summed E-state index contributed by atoms with van der Waals surface area (Å²) in [6, 6.07) is 12.9. The van der Waals surface area contributed by atoms with Crippen LogP contribution < -0.4 is 20.7 Å². The molecule has 0 aliphatic carbocycles. The number of carbonyl (C=O) groups excluding carboxylic acids is 2. The molecule has 268 valence electrons. The summed E-state index contributed by atoms with van der Waals surface area (Å²) >= 11 is 13.9. The quantitative estimate of drug-likeness (QED) is 0.156. The number of benzene rings is 1. The molecule has 0 unspecified atom stereocenters. The van der Waals surface area contributed by atoms with Gasteiger partial charge in [-0.25, -0.2) is 14.4 Å². The van der Waals surface area contributed by atoms with Crippen LogP contribution in [0.15, 0.2) is 54.9 Å². The Balaban J connectivity index is 1.16. The molecular weight excluding hydrogens is 694 g/mol. The van der Waals surface area contributed by atoms with Gasteiger partial charge in [-0.15, -0.1) is 0 Å². The Morgan fingerprint density at radius 3 is 2.49 bits per heavy atom. The summed E-state index contributed by atoms with van der Waals surface area (Å²) in [5.41, 5.74) is 4.00. The van der Waals surface area contributed by atoms with Crippen molar-refractivity contribution in [3.05, 3.63) is 81.8 Å². The van der Waals surface area contributed by atoms with Gasteiger partial charge in [-0.1, -0.05) is 41.4 Å². The van der Waals surface area contributed by atoms with Crippen molar-refractivity contribution in [2.24, 2.45) is 0 Å². The summed E-state index contributed by atoms with van der Waals surface area (Å²) in [7, 11) is 3.41. The zero-order chi connectivity index (χ0) is 36.1. The maximum absolute atomic E-state index is 15.7. The predicted molar refractivity (Wildman–Crippen MR) is 197 cm³/mol. The van der Waals surface area contributed by atoms with Crippen molar-refractivity contribution in [1.82, 2.24) is 35.4 Å². The molecule has 11 nitrogen and oxygen atoms in total. The van der Waals surface area contributed by atoms with Crippen molar-refractivity contribution in [1.29, 1.82) is 0 Å². The maximum atomic E-state index is 15.7. The monoisotopic (exact) mass is 734 g/mol. The van der Waals surface area contributed by atoms with Crippen LogP contribution in [-0.4, -0.2) is 82.4 Å². The van der Waals surface area contributed by atoms with Crippen molar-refractivity contribution >= 4 is 46.5 Å². The summed E-state index contributed by atoms with van der Waals surface area (Å²) in [6.07, 6.45) is 6.24. The smallest absolute Gasteiger partial charge is 0.222 e. The number of hydrogen-bond donors (Lipinski definition) is 3. The Bertz CT molecular complexity index is 1910. The van der Waals surface area contributed by atoms with E-state index in [2.05, 4.69) is 25.9 Å². The van der Waals surface area contributed by atoms with E-state index in [-0.39, 0.29) is 29.7 Å². The number of likely N-dealkylation sites (tertiary alicyclic amines) is 2. The van der Waals surface area contributed by atoms with E-state index >= 15 is 4.39 Å². The highest BCUT2D eigenvalue weighted by Gasteiger charge is 2.27. The first-order valence-corrected chi connectivity index (χ1v) is 17.7. The fourth-order valence-electron chi connectivity index (χ4n) is 6.54. The molecule has 1 aromatic carbocycles. The Morgan fingerprint density at radius 2 is 1.76 bits per heavy atom. The van der Waals surface area contributed by atoms with Crippen molar-refractivity contribution in [2.45, 2.75) is 57.8 Å². The molecule has 0 spiro atoms. The summed E-state index contributed by atoms with van der Waals surface area (Å²) in [6.45, 7) is 4.48. The molecular formula is C37H41Cl2FN8O3. The van der Waals surface area contributed by atoms with E-state index in [1.807, 2.05) is 24.1 Å². The minimum absolute atomic E-state index is 0.0437. The molecule has 4 aromatic rings. The highest BCUT2D eigenvalue weighted by Crippen LogP contribution is 2.41. The van der Waals surface area contributed by atoms with Gasteiger partial charge in [0.15, 0.2) is 11.6 Å². The van der Waals surface area contributed by atoms with Crippen molar-refractivity contribution < 1.29 is 18.7 Å². The third-order valence-corrected chi connectivity index (χ3v) is 10.4. The minimum atomic E-state index is -0.481. The van der Waals surface area contributed by atoms with Gasteiger partial charge in [-0.05, 0) is 43.5 Å². The zero-order valence-electron chi connectivity index (χ0n) is 28.8. The van der Waals surface area contributed by atoms with E-state index in [0.717, 1.165) is 24.8 Å². The van der Waals surface area contributed by atoms with Gasteiger partial charge < -0.3 is 30.5 Å². The van der Waals surface area contributed by atoms with E-state index in [0.29, 0.717) is 88.8 Å². The second-order valence-electron chi connectivity index (χ2n) is 12.8. The number of ether oxygens (including phenoxy) is 1. The largest absolute Gasteiger partial charge is 0.481 e. The lowest BCUT2D eigenvalue weighted by Crippen LogP contribution is -2.44. The van der Waals surface area contributed by atoms with Gasteiger partial charge in [0.05, 0.1) is 34.2 Å². The van der Waals surface area contributed by atoms with E-state index < -0.39 is 5.82 Å². The number of methoxy groups -OCH3 is 1. The van der Waals surface area contributed by atoms with Gasteiger partial charge in [-0.3, -0.25) is 14.6 Å². The highest BCUT2D eigenvalue weighted by molar-refractivity contribution is 6.39. The molecule has 0 radical (unpaired) electrons. The summed E-state index contributed by atoms with van der Waals surface area (Å²) in [5, 5.41) is 10.5. The number of rotatable bonds is 12. The topological polar surface area (TPSA) is 125 Å². The molecule has 2 aliphatic rings. The summed E-state index contributed by atoms with van der Waals surface area (Å²) in [4.78, 5) is 40.7. The number of anilines is 2. The van der Waals surface area contributed by atoms with Crippen LogP contribution in [0, 0.1) is 5.82 Å². The first kappa shape index (κ1) is 36.4. The fourth-order valence-corrected chi connectivity index (χ4v) is 7.11. The Hall–Kier alpha value is -4.36. The molecule has 14 heteroatoms. The molecule has 5 heterocycles. The lowest BCUT2D eigenvalue weighted by Gasteiger charge is -2.31. The highest BCUT2D eigenvalue weighted by atomic mass is 35.5. The second-order valence-corrected chi connectivity index (χ2v) is 13.6. The maximum Gasteiger partial charge on any atom is 0.222 e. The Labute approximate surface area is 306 Å². The molecule has 3 N–H and O–H groups in total. The lowest BCUT2D eigenvalue weighted by molar-refractivity contribution is -0.130. The van der Waals surface area contributed by atoms with Gasteiger partial charge in [0.25, 0.3) is 0 Å². The number of aromatic nitrogens is 3. The van der Waals surface area contributed by atoms with E-state index in [1.165, 1.54) is 0 Å². The van der Waals surface area contributed by atoms with Gasteiger partial charge in [-0.2, -0.15) is 0 Å². The molecule has 2 saturated heterocycles. The Morgan fingerprint density at radius 1 is 0.980 bits per heavy atom. The minimum Gasteiger partial charge on any atom is -0.481 e. The van der Waals surface area contributed by atoms with Gasteiger partial charge in [0, 0.05) is 99.8 Å². The van der Waals surface area contributed by atoms with Crippen LogP contribution in [0.2, 0.25) is 10.0 Å². The first-order valence-electron chi connectivity index (χ1n) is 17.0. The predicted octanol–water partition coefficient (Wildman–Crippen LogP) is 6.21. The molecule has 3 aromatic heterocycles. The average molecular weight is 736 g/mol. The number of nitrogens with zero attached hydrogens (tertiary/aromatic N) is 5. The molecule has 1 atom stereocenters. The second kappa shape index (κ2) is 16.3. The molecule has 0 bridgehead atoms. The molecule has 6 rings (SSSR count). The van der Waals surface area contributed by atoms with Gasteiger partial charge in [0.2, 0.25) is 17.7 Å². The lowest BCUT2D eigenvalue weighted by atomic mass is 10.0. The molecule has 2 fully saturated rings. The third kappa shape index (κ3) is 8.25. The number of halogens is 3. The van der Waals surface area contributed by atoms with Crippen molar-refractivity contribution in [3.8, 4) is 28.4 Å². The van der Waals surface area contributed by atoms with E-state index in [4.69, 9.17) is 32.9 Å². The number of pyridine rings is 3. The number of hydrogen-bond acceptors (Lipinski definition) is 9. The fraction of sp³-hybridized carbons (Fsp3) is 0.378. The standard InChI is InChI=1S/C37H41Cl2FN8O3/c1-22(49)48-17-13-25(14-18-48)44-20-23-11-15-43-36(34(23)40)45-30-6-4-5-28(32(30)38)35-33(39)27(12-16-42-35)29-9-7-24(37(46-29)51-3)19-41-21-26-8-10-31(50)47(26)2/h4-7,9,11-12,15-16,25-26,41,44H,8,10,13-14,17-21H2,1-3H3,(H,43,45)/t26-/m0/s1. The number of amides is 2. The van der Waals surface area contributed by atoms with E-state index in [1.54, 1.807) is 61.7 Å². The number of carbonyl (C=O) groups is 2.